The fourth-order valence-corrected chi connectivity index (χ4v) is 4.36. The number of benzene rings is 2. The van der Waals surface area contributed by atoms with Crippen LogP contribution in [0.3, 0.4) is 0 Å². The maximum absolute atomic E-state index is 13.1. The minimum Gasteiger partial charge on any atom is -0.368 e. The lowest BCUT2D eigenvalue weighted by Crippen LogP contribution is -2.51. The van der Waals surface area contributed by atoms with Crippen molar-refractivity contribution in [3.63, 3.8) is 0 Å². The zero-order chi connectivity index (χ0) is 20.8. The topological polar surface area (TPSA) is 26.8 Å². The number of hydrogen-bond acceptors (Lipinski definition) is 3. The Bertz CT molecular complexity index is 836. The first-order valence-electron chi connectivity index (χ1n) is 10.9. The van der Waals surface area contributed by atoms with Gasteiger partial charge in [-0.15, -0.1) is 0 Å². The van der Waals surface area contributed by atoms with Crippen molar-refractivity contribution in [2.45, 2.75) is 12.8 Å². The molecule has 0 radical (unpaired) electrons. The van der Waals surface area contributed by atoms with E-state index in [0.29, 0.717) is 5.91 Å². The van der Waals surface area contributed by atoms with Crippen LogP contribution in [0.4, 0.5) is 10.1 Å². The van der Waals surface area contributed by atoms with E-state index >= 15 is 0 Å². The Hall–Kier alpha value is -2.66. The molecule has 5 heteroatoms. The second-order valence-corrected chi connectivity index (χ2v) is 8.18. The highest BCUT2D eigenvalue weighted by atomic mass is 19.1. The molecule has 0 N–H and O–H groups in total. The highest BCUT2D eigenvalue weighted by Crippen LogP contribution is 2.22. The fourth-order valence-electron chi connectivity index (χ4n) is 4.36. The van der Waals surface area contributed by atoms with E-state index in [2.05, 4.69) is 46.2 Å². The number of halogens is 1. The summed E-state index contributed by atoms with van der Waals surface area (Å²) in [6.45, 7) is 6.00. The lowest BCUT2D eigenvalue weighted by atomic mass is 9.95. The first-order chi connectivity index (χ1) is 14.7. The van der Waals surface area contributed by atoms with Crippen molar-refractivity contribution >= 4 is 17.7 Å². The summed E-state index contributed by atoms with van der Waals surface area (Å²) in [7, 11) is 0. The molecular formula is C25H30FN3O. The molecule has 2 aromatic rings. The molecule has 0 bridgehead atoms. The third-order valence-electron chi connectivity index (χ3n) is 6.19. The molecule has 2 aliphatic rings. The van der Waals surface area contributed by atoms with Gasteiger partial charge >= 0.3 is 0 Å². The second kappa shape index (κ2) is 9.90. The molecule has 2 aromatic carbocycles. The van der Waals surface area contributed by atoms with Gasteiger partial charge in [-0.25, -0.2) is 4.39 Å². The van der Waals surface area contributed by atoms with E-state index in [0.717, 1.165) is 64.3 Å². The zero-order valence-electron chi connectivity index (χ0n) is 17.4. The van der Waals surface area contributed by atoms with E-state index in [1.807, 2.05) is 23.1 Å². The van der Waals surface area contributed by atoms with Gasteiger partial charge in [0.05, 0.1) is 0 Å². The molecule has 0 unspecified atom stereocenters. The maximum Gasteiger partial charge on any atom is 0.225 e. The number of carbonyl (C=O) groups is 1. The summed E-state index contributed by atoms with van der Waals surface area (Å²) in [6.07, 6.45) is 6.26. The smallest absolute Gasteiger partial charge is 0.225 e. The third-order valence-corrected chi connectivity index (χ3v) is 6.19. The summed E-state index contributed by atoms with van der Waals surface area (Å²) in [4.78, 5) is 19.6. The SMILES string of the molecule is O=C(C1CCN(C/C=C/c2ccccc2)CC1)N1CCN(c2ccc(F)cc2)CC1. The summed E-state index contributed by atoms with van der Waals surface area (Å²) >= 11 is 0. The quantitative estimate of drug-likeness (QED) is 0.752. The molecule has 2 fully saturated rings. The molecular weight excluding hydrogens is 377 g/mol. The molecule has 0 atom stereocenters. The average molecular weight is 408 g/mol. The van der Waals surface area contributed by atoms with Gasteiger partial charge in [0.15, 0.2) is 0 Å². The summed E-state index contributed by atoms with van der Waals surface area (Å²) in [5.74, 6) is 0.249. The number of piperazine rings is 1. The molecule has 4 rings (SSSR count). The van der Waals surface area contributed by atoms with Crippen molar-refractivity contribution in [1.29, 1.82) is 0 Å². The van der Waals surface area contributed by atoms with Crippen molar-refractivity contribution < 1.29 is 9.18 Å². The lowest BCUT2D eigenvalue weighted by Gasteiger charge is -2.39. The first-order valence-corrected chi connectivity index (χ1v) is 10.9. The van der Waals surface area contributed by atoms with E-state index in [9.17, 15) is 9.18 Å². The van der Waals surface area contributed by atoms with Crippen LogP contribution in [-0.4, -0.2) is 61.5 Å². The Labute approximate surface area is 178 Å². The van der Waals surface area contributed by atoms with Crippen molar-refractivity contribution in [2.24, 2.45) is 5.92 Å². The monoisotopic (exact) mass is 407 g/mol. The van der Waals surface area contributed by atoms with Crippen LogP contribution < -0.4 is 4.90 Å². The van der Waals surface area contributed by atoms with Crippen LogP contribution in [0.15, 0.2) is 60.7 Å². The number of nitrogens with zero attached hydrogens (tertiary/aromatic N) is 3. The second-order valence-electron chi connectivity index (χ2n) is 8.18. The molecule has 2 heterocycles. The van der Waals surface area contributed by atoms with Crippen LogP contribution in [0, 0.1) is 11.7 Å². The number of anilines is 1. The Morgan fingerprint density at radius 2 is 1.57 bits per heavy atom. The molecule has 0 aliphatic carbocycles. The summed E-state index contributed by atoms with van der Waals surface area (Å²) < 4.78 is 13.1. The summed E-state index contributed by atoms with van der Waals surface area (Å²) in [5.41, 5.74) is 2.25. The third kappa shape index (κ3) is 5.28. The van der Waals surface area contributed by atoms with Crippen molar-refractivity contribution in [1.82, 2.24) is 9.80 Å². The Kier molecular flexibility index (Phi) is 6.80. The molecule has 0 saturated carbocycles. The van der Waals surface area contributed by atoms with Gasteiger partial charge in [0, 0.05) is 44.3 Å². The number of piperidine rings is 1. The van der Waals surface area contributed by atoms with Gasteiger partial charge in [-0.3, -0.25) is 9.69 Å². The number of likely N-dealkylation sites (tertiary alicyclic amines) is 1. The highest BCUT2D eigenvalue weighted by molar-refractivity contribution is 5.79. The van der Waals surface area contributed by atoms with Crippen molar-refractivity contribution in [2.75, 3.05) is 50.7 Å². The van der Waals surface area contributed by atoms with Gasteiger partial charge in [0.25, 0.3) is 0 Å². The van der Waals surface area contributed by atoms with Crippen LogP contribution in [-0.2, 0) is 4.79 Å². The number of hydrogen-bond donors (Lipinski definition) is 0. The normalized spacial score (nSPS) is 18.8. The van der Waals surface area contributed by atoms with Crippen LogP contribution >= 0.6 is 0 Å². The van der Waals surface area contributed by atoms with Gasteiger partial charge in [-0.1, -0.05) is 42.5 Å². The Balaban J connectivity index is 1.20. The Morgan fingerprint density at radius 1 is 0.900 bits per heavy atom. The van der Waals surface area contributed by atoms with E-state index in [1.54, 1.807) is 0 Å². The van der Waals surface area contributed by atoms with Gasteiger partial charge in [0.1, 0.15) is 5.82 Å². The number of amides is 1. The lowest BCUT2D eigenvalue weighted by molar-refractivity contribution is -0.137. The predicted octanol–water partition coefficient (Wildman–Crippen LogP) is 3.90. The highest BCUT2D eigenvalue weighted by Gasteiger charge is 2.30. The van der Waals surface area contributed by atoms with Crippen LogP contribution in [0.1, 0.15) is 18.4 Å². The van der Waals surface area contributed by atoms with Crippen LogP contribution in [0.2, 0.25) is 0 Å². The molecule has 4 nitrogen and oxygen atoms in total. The first kappa shape index (κ1) is 20.6. The molecule has 158 valence electrons. The van der Waals surface area contributed by atoms with Crippen molar-refractivity contribution in [3.05, 3.63) is 72.1 Å². The summed E-state index contributed by atoms with van der Waals surface area (Å²) in [6, 6.07) is 17.0. The molecule has 0 spiro atoms. The van der Waals surface area contributed by atoms with Gasteiger partial charge in [0.2, 0.25) is 5.91 Å². The fraction of sp³-hybridized carbons (Fsp3) is 0.400. The largest absolute Gasteiger partial charge is 0.368 e. The standard InChI is InChI=1S/C25H30FN3O/c26-23-8-10-24(11-9-23)28-17-19-29(20-18-28)25(30)22-12-15-27(16-13-22)14-4-7-21-5-2-1-3-6-21/h1-11,22H,12-20H2/b7-4+. The minimum absolute atomic E-state index is 0.150. The van der Waals surface area contributed by atoms with Gasteiger partial charge < -0.3 is 9.80 Å². The van der Waals surface area contributed by atoms with Gasteiger partial charge in [-0.05, 0) is 55.8 Å². The van der Waals surface area contributed by atoms with E-state index in [4.69, 9.17) is 0 Å². The number of rotatable bonds is 5. The van der Waals surface area contributed by atoms with E-state index in [-0.39, 0.29) is 11.7 Å². The van der Waals surface area contributed by atoms with Crippen LogP contribution in [0.25, 0.3) is 6.08 Å². The van der Waals surface area contributed by atoms with E-state index in [1.165, 1.54) is 17.7 Å². The van der Waals surface area contributed by atoms with Crippen molar-refractivity contribution in [3.8, 4) is 0 Å². The maximum atomic E-state index is 13.1. The summed E-state index contributed by atoms with van der Waals surface area (Å²) in [5, 5.41) is 0. The molecule has 0 aromatic heterocycles. The zero-order valence-corrected chi connectivity index (χ0v) is 17.4. The van der Waals surface area contributed by atoms with Gasteiger partial charge in [-0.2, -0.15) is 0 Å². The molecule has 2 aliphatic heterocycles. The van der Waals surface area contributed by atoms with Crippen LogP contribution in [0.5, 0.6) is 0 Å². The molecule has 1 amide bonds. The Morgan fingerprint density at radius 3 is 2.23 bits per heavy atom. The minimum atomic E-state index is -0.213. The molecule has 30 heavy (non-hydrogen) atoms. The molecule has 2 saturated heterocycles. The number of carbonyl (C=O) groups excluding carboxylic acids is 1. The predicted molar refractivity (Wildman–Crippen MR) is 120 cm³/mol. The average Bonchev–Trinajstić information content (AvgIpc) is 2.80. The van der Waals surface area contributed by atoms with E-state index < -0.39 is 0 Å².